The zero-order valence-electron chi connectivity index (χ0n) is 17.0. The molecule has 3 rings (SSSR count). The molecule has 0 bridgehead atoms. The van der Waals surface area contributed by atoms with E-state index in [4.69, 9.17) is 0 Å². The largest absolute Gasteiger partial charge is 0.352 e. The van der Waals surface area contributed by atoms with E-state index in [1.54, 1.807) is 0 Å². The molecular weight excluding hydrogens is 364 g/mol. The van der Waals surface area contributed by atoms with Gasteiger partial charge in [-0.15, -0.1) is 5.10 Å². The molecule has 0 spiro atoms. The van der Waals surface area contributed by atoms with Crippen LogP contribution in [0.4, 0.5) is 0 Å². The molecule has 29 heavy (non-hydrogen) atoms. The van der Waals surface area contributed by atoms with Crippen LogP contribution in [0.5, 0.6) is 0 Å². The average molecular weight is 393 g/mol. The number of hydrogen-bond donors (Lipinski definition) is 1. The van der Waals surface area contributed by atoms with Crippen LogP contribution in [0.3, 0.4) is 0 Å². The highest BCUT2D eigenvalue weighted by Crippen LogP contribution is 2.20. The van der Waals surface area contributed by atoms with Crippen molar-refractivity contribution in [2.45, 2.75) is 32.4 Å². The number of benzene rings is 2. The van der Waals surface area contributed by atoms with Crippen LogP contribution in [0, 0.1) is 0 Å². The fourth-order valence-electron chi connectivity index (χ4n) is 3.57. The molecule has 7 heteroatoms. The van der Waals surface area contributed by atoms with Crippen LogP contribution >= 0.6 is 0 Å². The third kappa shape index (κ3) is 5.48. The van der Waals surface area contributed by atoms with E-state index in [1.165, 1.54) is 16.6 Å². The molecule has 2 atom stereocenters. The maximum atomic E-state index is 13.1. The molecule has 0 saturated heterocycles. The Bertz CT molecular complexity index is 850. The van der Waals surface area contributed by atoms with Crippen LogP contribution in [0.15, 0.2) is 67.0 Å². The lowest BCUT2D eigenvalue weighted by atomic mass is 10.0. The molecule has 3 aromatic rings. The van der Waals surface area contributed by atoms with E-state index in [9.17, 15) is 4.79 Å². The van der Waals surface area contributed by atoms with Gasteiger partial charge >= 0.3 is 0 Å². The van der Waals surface area contributed by atoms with Gasteiger partial charge in [0.1, 0.15) is 12.4 Å². The van der Waals surface area contributed by atoms with Crippen LogP contribution in [0.1, 0.15) is 37.1 Å². The molecule has 152 valence electrons. The molecule has 0 aliphatic carbocycles. The number of hydrogen-bond acceptors (Lipinski definition) is 5. The molecule has 0 aliphatic rings. The van der Waals surface area contributed by atoms with Gasteiger partial charge in [0.05, 0.1) is 6.04 Å². The minimum absolute atomic E-state index is 0.0887. The molecule has 0 saturated carbocycles. The van der Waals surface area contributed by atoms with Gasteiger partial charge in [-0.05, 0) is 34.6 Å². The first kappa shape index (κ1) is 20.7. The summed E-state index contributed by atoms with van der Waals surface area (Å²) in [4.78, 5) is 15.5. The summed E-state index contributed by atoms with van der Waals surface area (Å²) in [5.41, 5.74) is 2.25. The van der Waals surface area contributed by atoms with Crippen LogP contribution in [0.25, 0.3) is 0 Å². The van der Waals surface area contributed by atoms with E-state index in [0.29, 0.717) is 13.0 Å². The van der Waals surface area contributed by atoms with Gasteiger partial charge in [0, 0.05) is 13.0 Å². The maximum absolute atomic E-state index is 13.1. The number of nitrogens with one attached hydrogen (secondary N) is 1. The van der Waals surface area contributed by atoms with Gasteiger partial charge < -0.3 is 5.32 Å². The molecule has 0 fully saturated rings. The fourth-order valence-corrected chi connectivity index (χ4v) is 3.57. The second kappa shape index (κ2) is 10.5. The number of carbonyl (C=O) groups excluding carboxylic acids is 1. The maximum Gasteiger partial charge on any atom is 0.245 e. The summed E-state index contributed by atoms with van der Waals surface area (Å²) in [5, 5.41) is 14.5. The highest BCUT2D eigenvalue weighted by Gasteiger charge is 2.25. The standard InChI is InChI=1S/C22H28N6O/c1-3-27(4-2)21(19-13-9-6-10-14-19)16-23-22(29)20(28-17-24-25-26-28)15-18-11-7-5-8-12-18/h5-14,17,20-21H,3-4,15-16H2,1-2H3,(H,23,29). The van der Waals surface area contributed by atoms with Crippen molar-refractivity contribution in [1.29, 1.82) is 0 Å². The summed E-state index contributed by atoms with van der Waals surface area (Å²) in [7, 11) is 0. The number of rotatable bonds is 10. The molecule has 1 heterocycles. The summed E-state index contributed by atoms with van der Waals surface area (Å²) in [6.45, 7) is 6.62. The second-order valence-electron chi connectivity index (χ2n) is 6.89. The number of tetrazole rings is 1. The molecule has 1 N–H and O–H groups in total. The zero-order valence-corrected chi connectivity index (χ0v) is 17.0. The Hall–Kier alpha value is -3.06. The van der Waals surface area contributed by atoms with Gasteiger partial charge in [0.2, 0.25) is 5.91 Å². The molecule has 2 unspecified atom stereocenters. The van der Waals surface area contributed by atoms with Gasteiger partial charge in [0.15, 0.2) is 0 Å². The first-order valence-electron chi connectivity index (χ1n) is 10.1. The van der Waals surface area contributed by atoms with Gasteiger partial charge in [-0.1, -0.05) is 74.5 Å². The van der Waals surface area contributed by atoms with E-state index in [0.717, 1.165) is 18.7 Å². The van der Waals surface area contributed by atoms with Crippen molar-refractivity contribution in [1.82, 2.24) is 30.4 Å². The van der Waals surface area contributed by atoms with Crippen molar-refractivity contribution < 1.29 is 4.79 Å². The van der Waals surface area contributed by atoms with Crippen LogP contribution in [-0.2, 0) is 11.2 Å². The highest BCUT2D eigenvalue weighted by molar-refractivity contribution is 5.80. The summed E-state index contributed by atoms with van der Waals surface area (Å²) < 4.78 is 1.53. The minimum Gasteiger partial charge on any atom is -0.352 e. The third-order valence-corrected chi connectivity index (χ3v) is 5.17. The van der Waals surface area contributed by atoms with Crippen molar-refractivity contribution in [2.75, 3.05) is 19.6 Å². The monoisotopic (exact) mass is 392 g/mol. The third-order valence-electron chi connectivity index (χ3n) is 5.17. The Kier molecular flexibility index (Phi) is 7.47. The second-order valence-corrected chi connectivity index (χ2v) is 6.89. The molecular formula is C22H28N6O. The van der Waals surface area contributed by atoms with Gasteiger partial charge in [-0.2, -0.15) is 0 Å². The Morgan fingerprint density at radius 1 is 1.03 bits per heavy atom. The van der Waals surface area contributed by atoms with E-state index in [2.05, 4.69) is 51.7 Å². The normalized spacial score (nSPS) is 13.2. The van der Waals surface area contributed by atoms with Crippen molar-refractivity contribution in [2.24, 2.45) is 0 Å². The predicted octanol–water partition coefficient (Wildman–Crippen LogP) is 2.66. The number of carbonyl (C=O) groups is 1. The number of aromatic nitrogens is 4. The SMILES string of the molecule is CCN(CC)C(CNC(=O)C(Cc1ccccc1)n1cnnn1)c1ccccc1. The summed E-state index contributed by atoms with van der Waals surface area (Å²) >= 11 is 0. The van der Waals surface area contributed by atoms with Gasteiger partial charge in [-0.25, -0.2) is 4.68 Å². The molecule has 7 nitrogen and oxygen atoms in total. The van der Waals surface area contributed by atoms with Crippen LogP contribution < -0.4 is 5.32 Å². The lowest BCUT2D eigenvalue weighted by Gasteiger charge is -2.30. The highest BCUT2D eigenvalue weighted by atomic mass is 16.2. The Morgan fingerprint density at radius 2 is 1.69 bits per heavy atom. The van der Waals surface area contributed by atoms with E-state index < -0.39 is 6.04 Å². The topological polar surface area (TPSA) is 75.9 Å². The zero-order chi connectivity index (χ0) is 20.5. The smallest absolute Gasteiger partial charge is 0.245 e. The van der Waals surface area contributed by atoms with Crippen molar-refractivity contribution in [3.8, 4) is 0 Å². The Labute approximate surface area is 171 Å². The number of amides is 1. The van der Waals surface area contributed by atoms with Gasteiger partial charge in [0.25, 0.3) is 0 Å². The summed E-state index contributed by atoms with van der Waals surface area (Å²) in [6, 6.07) is 19.8. The van der Waals surface area contributed by atoms with Crippen LogP contribution in [0.2, 0.25) is 0 Å². The van der Waals surface area contributed by atoms with Crippen LogP contribution in [-0.4, -0.2) is 50.6 Å². The first-order chi connectivity index (χ1) is 14.2. The van der Waals surface area contributed by atoms with Crippen molar-refractivity contribution in [3.63, 3.8) is 0 Å². The molecule has 0 radical (unpaired) electrons. The minimum atomic E-state index is -0.500. The Morgan fingerprint density at radius 3 is 2.28 bits per heavy atom. The summed E-state index contributed by atoms with van der Waals surface area (Å²) in [6.07, 6.45) is 2.02. The molecule has 2 aromatic carbocycles. The van der Waals surface area contributed by atoms with E-state index in [-0.39, 0.29) is 11.9 Å². The number of likely N-dealkylation sites (N-methyl/N-ethyl adjacent to an activating group) is 1. The molecule has 1 amide bonds. The quantitative estimate of drug-likeness (QED) is 0.574. The Balaban J connectivity index is 1.75. The molecule has 1 aromatic heterocycles. The van der Waals surface area contributed by atoms with Crippen molar-refractivity contribution in [3.05, 3.63) is 78.1 Å². The van der Waals surface area contributed by atoms with E-state index >= 15 is 0 Å². The van der Waals surface area contributed by atoms with Crippen molar-refractivity contribution >= 4 is 5.91 Å². The lowest BCUT2D eigenvalue weighted by molar-refractivity contribution is -0.124. The molecule has 0 aliphatic heterocycles. The average Bonchev–Trinajstić information content (AvgIpc) is 3.30. The first-order valence-corrected chi connectivity index (χ1v) is 10.1. The predicted molar refractivity (Wildman–Crippen MR) is 112 cm³/mol. The fraction of sp³-hybridized carbons (Fsp3) is 0.364. The van der Waals surface area contributed by atoms with Gasteiger partial charge in [-0.3, -0.25) is 9.69 Å². The number of nitrogens with zero attached hydrogens (tertiary/aromatic N) is 5. The summed E-state index contributed by atoms with van der Waals surface area (Å²) in [5.74, 6) is -0.0887. The lowest BCUT2D eigenvalue weighted by Crippen LogP contribution is -2.41. The van der Waals surface area contributed by atoms with E-state index in [1.807, 2.05) is 48.5 Å².